The van der Waals surface area contributed by atoms with E-state index in [1.165, 1.54) is 30.4 Å². The average molecular weight is 190 g/mol. The first kappa shape index (κ1) is 9.57. The highest BCUT2D eigenvalue weighted by Crippen LogP contribution is 2.27. The maximum absolute atomic E-state index is 5.77. The van der Waals surface area contributed by atoms with Crippen LogP contribution in [0.1, 0.15) is 30.4 Å². The average Bonchev–Trinajstić information content (AvgIpc) is 1.99. The van der Waals surface area contributed by atoms with Gasteiger partial charge >= 0.3 is 0 Å². The molecule has 1 heteroatoms. The molecule has 0 heterocycles. The van der Waals surface area contributed by atoms with Gasteiger partial charge in [0.05, 0.1) is 6.61 Å². The van der Waals surface area contributed by atoms with Crippen LogP contribution in [0, 0.1) is 19.8 Å². The van der Waals surface area contributed by atoms with Crippen molar-refractivity contribution < 1.29 is 4.74 Å². The molecule has 1 fully saturated rings. The summed E-state index contributed by atoms with van der Waals surface area (Å²) < 4.78 is 5.77. The SMILES string of the molecule is Cc1cc(C)cc(OCC2CCC2)c1. The predicted octanol–water partition coefficient (Wildman–Crippen LogP) is 3.48. The van der Waals surface area contributed by atoms with Crippen LogP contribution in [0.5, 0.6) is 5.75 Å². The molecule has 0 N–H and O–H groups in total. The third kappa shape index (κ3) is 2.28. The van der Waals surface area contributed by atoms with Crippen LogP contribution in [-0.4, -0.2) is 6.61 Å². The van der Waals surface area contributed by atoms with Crippen LogP contribution in [0.2, 0.25) is 0 Å². The molecule has 0 unspecified atom stereocenters. The standard InChI is InChI=1S/C13H18O/c1-10-6-11(2)8-13(7-10)14-9-12-4-3-5-12/h6-8,12H,3-5,9H2,1-2H3. The molecule has 0 aromatic heterocycles. The molecule has 0 spiro atoms. The summed E-state index contributed by atoms with van der Waals surface area (Å²) in [6.45, 7) is 5.13. The van der Waals surface area contributed by atoms with Crippen LogP contribution in [0.4, 0.5) is 0 Å². The van der Waals surface area contributed by atoms with Crippen LogP contribution in [0.15, 0.2) is 18.2 Å². The lowest BCUT2D eigenvalue weighted by Crippen LogP contribution is -2.19. The molecule has 76 valence electrons. The van der Waals surface area contributed by atoms with Crippen molar-refractivity contribution in [2.24, 2.45) is 5.92 Å². The first-order valence-corrected chi connectivity index (χ1v) is 5.45. The first-order valence-electron chi connectivity index (χ1n) is 5.45. The van der Waals surface area contributed by atoms with Crippen LogP contribution in [0.3, 0.4) is 0 Å². The first-order chi connectivity index (χ1) is 6.74. The number of hydrogen-bond acceptors (Lipinski definition) is 1. The van der Waals surface area contributed by atoms with Gasteiger partial charge in [-0.2, -0.15) is 0 Å². The molecular weight excluding hydrogens is 172 g/mol. The second-order valence-electron chi connectivity index (χ2n) is 4.43. The summed E-state index contributed by atoms with van der Waals surface area (Å²) in [5.74, 6) is 1.85. The molecule has 1 aromatic carbocycles. The van der Waals surface area contributed by atoms with E-state index in [1.807, 2.05) is 0 Å². The van der Waals surface area contributed by atoms with Gasteiger partial charge in [-0.05, 0) is 55.9 Å². The van der Waals surface area contributed by atoms with E-state index >= 15 is 0 Å². The topological polar surface area (TPSA) is 9.23 Å². The Morgan fingerprint density at radius 3 is 2.29 bits per heavy atom. The van der Waals surface area contributed by atoms with Crippen molar-refractivity contribution in [2.45, 2.75) is 33.1 Å². The van der Waals surface area contributed by atoms with Gasteiger partial charge < -0.3 is 4.74 Å². The lowest BCUT2D eigenvalue weighted by atomic mass is 9.86. The molecule has 0 amide bonds. The molecule has 0 aliphatic heterocycles. The molecule has 0 saturated heterocycles. The zero-order chi connectivity index (χ0) is 9.97. The largest absolute Gasteiger partial charge is 0.493 e. The fourth-order valence-electron chi connectivity index (χ4n) is 1.89. The number of aryl methyl sites for hydroxylation is 2. The predicted molar refractivity (Wildman–Crippen MR) is 58.8 cm³/mol. The number of hydrogen-bond donors (Lipinski definition) is 0. The summed E-state index contributed by atoms with van der Waals surface area (Å²) in [7, 11) is 0. The molecule has 1 nitrogen and oxygen atoms in total. The van der Waals surface area contributed by atoms with Crippen molar-refractivity contribution in [1.82, 2.24) is 0 Å². The van der Waals surface area contributed by atoms with Gasteiger partial charge in [-0.15, -0.1) is 0 Å². The molecule has 1 saturated carbocycles. The maximum atomic E-state index is 5.77. The highest BCUT2D eigenvalue weighted by molar-refractivity contribution is 5.32. The lowest BCUT2D eigenvalue weighted by Gasteiger charge is -2.25. The Morgan fingerprint density at radius 2 is 1.79 bits per heavy atom. The van der Waals surface area contributed by atoms with Crippen molar-refractivity contribution in [2.75, 3.05) is 6.61 Å². The summed E-state index contributed by atoms with van der Waals surface area (Å²) in [4.78, 5) is 0. The van der Waals surface area contributed by atoms with Crippen LogP contribution < -0.4 is 4.74 Å². The van der Waals surface area contributed by atoms with Gasteiger partial charge in [-0.3, -0.25) is 0 Å². The van der Waals surface area contributed by atoms with Gasteiger partial charge in [0.15, 0.2) is 0 Å². The van der Waals surface area contributed by atoms with Gasteiger partial charge in [-0.25, -0.2) is 0 Å². The molecule has 0 radical (unpaired) electrons. The van der Waals surface area contributed by atoms with E-state index in [-0.39, 0.29) is 0 Å². The van der Waals surface area contributed by atoms with Gasteiger partial charge in [0.1, 0.15) is 5.75 Å². The normalized spacial score (nSPS) is 16.4. The zero-order valence-electron chi connectivity index (χ0n) is 9.05. The molecule has 1 aliphatic carbocycles. The summed E-state index contributed by atoms with van der Waals surface area (Å²) >= 11 is 0. The van der Waals surface area contributed by atoms with Gasteiger partial charge in [0.2, 0.25) is 0 Å². The molecule has 0 bridgehead atoms. The Morgan fingerprint density at radius 1 is 1.14 bits per heavy atom. The van der Waals surface area contributed by atoms with Crippen LogP contribution >= 0.6 is 0 Å². The van der Waals surface area contributed by atoms with E-state index < -0.39 is 0 Å². The van der Waals surface area contributed by atoms with E-state index in [4.69, 9.17) is 4.74 Å². The molecular formula is C13H18O. The Labute approximate surface area is 86.1 Å². The number of rotatable bonds is 3. The minimum Gasteiger partial charge on any atom is -0.493 e. The summed E-state index contributed by atoms with van der Waals surface area (Å²) in [5.41, 5.74) is 2.57. The number of benzene rings is 1. The van der Waals surface area contributed by atoms with Crippen molar-refractivity contribution in [1.29, 1.82) is 0 Å². The molecule has 0 atom stereocenters. The van der Waals surface area contributed by atoms with E-state index in [9.17, 15) is 0 Å². The van der Waals surface area contributed by atoms with Crippen molar-refractivity contribution in [3.8, 4) is 5.75 Å². The molecule has 14 heavy (non-hydrogen) atoms. The van der Waals surface area contributed by atoms with E-state index in [0.717, 1.165) is 18.3 Å². The van der Waals surface area contributed by atoms with Crippen molar-refractivity contribution in [3.63, 3.8) is 0 Å². The van der Waals surface area contributed by atoms with Crippen LogP contribution in [0.25, 0.3) is 0 Å². The third-order valence-corrected chi connectivity index (χ3v) is 2.91. The second-order valence-corrected chi connectivity index (χ2v) is 4.43. The smallest absolute Gasteiger partial charge is 0.119 e. The quantitative estimate of drug-likeness (QED) is 0.709. The van der Waals surface area contributed by atoms with Gasteiger partial charge in [-0.1, -0.05) is 12.5 Å². The second kappa shape index (κ2) is 4.04. The van der Waals surface area contributed by atoms with Gasteiger partial charge in [0, 0.05) is 0 Å². The minimum atomic E-state index is 0.816. The van der Waals surface area contributed by atoms with Crippen molar-refractivity contribution >= 4 is 0 Å². The van der Waals surface area contributed by atoms with E-state index in [2.05, 4.69) is 32.0 Å². The molecule has 2 rings (SSSR count). The Kier molecular flexibility index (Phi) is 2.76. The molecule has 1 aliphatic rings. The van der Waals surface area contributed by atoms with Gasteiger partial charge in [0.25, 0.3) is 0 Å². The Bertz CT molecular complexity index is 293. The highest BCUT2D eigenvalue weighted by Gasteiger charge is 2.17. The lowest BCUT2D eigenvalue weighted by molar-refractivity contribution is 0.180. The molecule has 1 aromatic rings. The van der Waals surface area contributed by atoms with E-state index in [0.29, 0.717) is 0 Å². The maximum Gasteiger partial charge on any atom is 0.119 e. The fourth-order valence-corrected chi connectivity index (χ4v) is 1.89. The summed E-state index contributed by atoms with van der Waals surface area (Å²) in [5, 5.41) is 0. The number of ether oxygens (including phenoxy) is 1. The zero-order valence-corrected chi connectivity index (χ0v) is 9.05. The third-order valence-electron chi connectivity index (χ3n) is 2.91. The summed E-state index contributed by atoms with van der Waals surface area (Å²) in [6.07, 6.45) is 4.09. The highest BCUT2D eigenvalue weighted by atomic mass is 16.5. The minimum absolute atomic E-state index is 0.816. The Hall–Kier alpha value is -0.980. The van der Waals surface area contributed by atoms with E-state index in [1.54, 1.807) is 0 Å². The van der Waals surface area contributed by atoms with Crippen molar-refractivity contribution in [3.05, 3.63) is 29.3 Å². The van der Waals surface area contributed by atoms with Crippen LogP contribution in [-0.2, 0) is 0 Å². The Balaban J connectivity index is 1.94. The fraction of sp³-hybridized carbons (Fsp3) is 0.538. The monoisotopic (exact) mass is 190 g/mol. The summed E-state index contributed by atoms with van der Waals surface area (Å²) in [6, 6.07) is 6.41.